The Morgan fingerprint density at radius 1 is 1.00 bits per heavy atom. The molecular weight excluding hydrogens is 338 g/mol. The summed E-state index contributed by atoms with van der Waals surface area (Å²) in [5, 5.41) is 3.28. The highest BCUT2D eigenvalue weighted by molar-refractivity contribution is 5.81. The Labute approximate surface area is 162 Å². The first kappa shape index (κ1) is 18.5. The molecule has 0 bridgehead atoms. The van der Waals surface area contributed by atoms with Crippen molar-refractivity contribution in [2.45, 2.75) is 51.1 Å². The first-order chi connectivity index (χ1) is 13.2. The van der Waals surface area contributed by atoms with Gasteiger partial charge in [0.2, 0.25) is 11.8 Å². The summed E-state index contributed by atoms with van der Waals surface area (Å²) in [5.41, 5.74) is 1.20. The molecule has 2 saturated carbocycles. The molecule has 2 amide bonds. The van der Waals surface area contributed by atoms with Crippen LogP contribution in [0.2, 0.25) is 0 Å². The fourth-order valence-electron chi connectivity index (χ4n) is 3.98. The number of carbonyl (C=O) groups excluding carboxylic acids is 2. The van der Waals surface area contributed by atoms with Crippen molar-refractivity contribution < 1.29 is 9.59 Å². The topological polar surface area (TPSA) is 52.7 Å². The molecule has 3 fully saturated rings. The minimum atomic E-state index is 0.0674. The molecule has 3 aliphatic rings. The van der Waals surface area contributed by atoms with E-state index in [0.717, 1.165) is 38.1 Å². The summed E-state index contributed by atoms with van der Waals surface area (Å²) in [4.78, 5) is 29.5. The third kappa shape index (κ3) is 5.10. The molecule has 1 aromatic carbocycles. The van der Waals surface area contributed by atoms with Crippen LogP contribution in [-0.4, -0.2) is 53.8 Å². The highest BCUT2D eigenvalue weighted by atomic mass is 16.2. The van der Waals surface area contributed by atoms with E-state index < -0.39 is 0 Å². The van der Waals surface area contributed by atoms with Crippen molar-refractivity contribution in [3.8, 4) is 0 Å². The van der Waals surface area contributed by atoms with Gasteiger partial charge in [0.25, 0.3) is 0 Å². The van der Waals surface area contributed by atoms with Crippen LogP contribution >= 0.6 is 0 Å². The van der Waals surface area contributed by atoms with Crippen molar-refractivity contribution in [1.82, 2.24) is 15.1 Å². The van der Waals surface area contributed by atoms with E-state index in [1.54, 1.807) is 0 Å². The molecule has 0 spiro atoms. The Balaban J connectivity index is 1.26. The fourth-order valence-corrected chi connectivity index (χ4v) is 3.98. The number of hydrogen-bond donors (Lipinski definition) is 1. The lowest BCUT2D eigenvalue weighted by atomic mass is 9.94. The molecule has 1 saturated heterocycles. The number of likely N-dealkylation sites (tertiary alicyclic amines) is 1. The smallest absolute Gasteiger partial charge is 0.236 e. The average molecular weight is 370 g/mol. The van der Waals surface area contributed by atoms with Crippen molar-refractivity contribution in [3.05, 3.63) is 35.9 Å². The van der Waals surface area contributed by atoms with Gasteiger partial charge < -0.3 is 15.1 Å². The predicted octanol–water partition coefficient (Wildman–Crippen LogP) is 2.42. The summed E-state index contributed by atoms with van der Waals surface area (Å²) in [5.74, 6) is 1.34. The Hall–Kier alpha value is -1.88. The lowest BCUT2D eigenvalue weighted by molar-refractivity contribution is -0.141. The predicted molar refractivity (Wildman–Crippen MR) is 105 cm³/mol. The van der Waals surface area contributed by atoms with Gasteiger partial charge in [-0.2, -0.15) is 0 Å². The molecule has 1 heterocycles. The molecule has 4 rings (SSSR count). The summed E-state index contributed by atoms with van der Waals surface area (Å²) in [6.45, 7) is 3.55. The maximum Gasteiger partial charge on any atom is 0.236 e. The minimum Gasteiger partial charge on any atom is -0.342 e. The molecule has 5 nitrogen and oxygen atoms in total. The number of nitrogens with zero attached hydrogens (tertiary/aromatic N) is 2. The minimum absolute atomic E-state index is 0.0674. The van der Waals surface area contributed by atoms with Gasteiger partial charge in [0.05, 0.1) is 6.54 Å². The average Bonchev–Trinajstić information content (AvgIpc) is 3.61. The van der Waals surface area contributed by atoms with E-state index >= 15 is 0 Å². The Kier molecular flexibility index (Phi) is 5.77. The highest BCUT2D eigenvalue weighted by Gasteiger charge is 2.37. The number of rotatable bonds is 8. The molecular formula is C22H31N3O2. The van der Waals surface area contributed by atoms with Crippen molar-refractivity contribution >= 4 is 11.8 Å². The molecule has 1 aliphatic heterocycles. The van der Waals surface area contributed by atoms with Gasteiger partial charge >= 0.3 is 0 Å². The Morgan fingerprint density at radius 3 is 2.33 bits per heavy atom. The zero-order valence-electron chi connectivity index (χ0n) is 16.1. The quantitative estimate of drug-likeness (QED) is 0.766. The number of amides is 2. The largest absolute Gasteiger partial charge is 0.342 e. The SMILES string of the molecule is O=C(CNCC1CC1)N1CCC(C(=O)N(Cc2ccccc2)C2CC2)CC1. The van der Waals surface area contributed by atoms with Crippen LogP contribution in [0, 0.1) is 11.8 Å². The molecule has 5 heteroatoms. The fraction of sp³-hybridized carbons (Fsp3) is 0.636. The lowest BCUT2D eigenvalue weighted by Crippen LogP contribution is -2.47. The van der Waals surface area contributed by atoms with E-state index in [2.05, 4.69) is 22.3 Å². The lowest BCUT2D eigenvalue weighted by Gasteiger charge is -2.34. The van der Waals surface area contributed by atoms with E-state index in [4.69, 9.17) is 0 Å². The van der Waals surface area contributed by atoms with Crippen LogP contribution in [-0.2, 0) is 16.1 Å². The number of hydrogen-bond acceptors (Lipinski definition) is 3. The summed E-state index contributed by atoms with van der Waals surface area (Å²) in [6.07, 6.45) is 6.45. The van der Waals surface area contributed by atoms with Crippen molar-refractivity contribution in [1.29, 1.82) is 0 Å². The second kappa shape index (κ2) is 8.42. The van der Waals surface area contributed by atoms with Gasteiger partial charge in [-0.1, -0.05) is 30.3 Å². The molecule has 2 aliphatic carbocycles. The molecule has 0 aromatic heterocycles. The van der Waals surface area contributed by atoms with Crippen molar-refractivity contribution in [2.75, 3.05) is 26.2 Å². The number of carbonyl (C=O) groups is 2. The summed E-state index contributed by atoms with van der Waals surface area (Å²) < 4.78 is 0. The van der Waals surface area contributed by atoms with Crippen LogP contribution in [0.3, 0.4) is 0 Å². The monoisotopic (exact) mass is 369 g/mol. The van der Waals surface area contributed by atoms with Crippen LogP contribution in [0.4, 0.5) is 0 Å². The molecule has 1 aromatic rings. The van der Waals surface area contributed by atoms with Crippen LogP contribution < -0.4 is 5.32 Å². The normalized spacial score (nSPS) is 20.5. The van der Waals surface area contributed by atoms with Crippen LogP contribution in [0.15, 0.2) is 30.3 Å². The summed E-state index contributed by atoms with van der Waals surface area (Å²) in [7, 11) is 0. The van der Waals surface area contributed by atoms with Gasteiger partial charge in [0.15, 0.2) is 0 Å². The number of benzene rings is 1. The number of nitrogens with one attached hydrogen (secondary N) is 1. The summed E-state index contributed by atoms with van der Waals surface area (Å²) >= 11 is 0. The van der Waals surface area contributed by atoms with E-state index in [-0.39, 0.29) is 11.8 Å². The Bertz CT molecular complexity index is 647. The van der Waals surface area contributed by atoms with Gasteiger partial charge in [0, 0.05) is 31.6 Å². The maximum atomic E-state index is 13.1. The Morgan fingerprint density at radius 2 is 1.70 bits per heavy atom. The zero-order chi connectivity index (χ0) is 18.6. The van der Waals surface area contributed by atoms with Crippen LogP contribution in [0.1, 0.15) is 44.1 Å². The molecule has 0 unspecified atom stereocenters. The van der Waals surface area contributed by atoms with Crippen LogP contribution in [0.5, 0.6) is 0 Å². The van der Waals surface area contributed by atoms with Crippen molar-refractivity contribution in [3.63, 3.8) is 0 Å². The number of piperidine rings is 1. The second-order valence-electron chi connectivity index (χ2n) is 8.41. The second-order valence-corrected chi connectivity index (χ2v) is 8.41. The van der Waals surface area contributed by atoms with E-state index in [1.165, 1.54) is 18.4 Å². The first-order valence-electron chi connectivity index (χ1n) is 10.5. The maximum absolute atomic E-state index is 13.1. The van der Waals surface area contributed by atoms with E-state index in [9.17, 15) is 9.59 Å². The molecule has 0 radical (unpaired) electrons. The van der Waals surface area contributed by atoms with Crippen molar-refractivity contribution in [2.24, 2.45) is 11.8 Å². The van der Waals surface area contributed by atoms with E-state index in [1.807, 2.05) is 23.1 Å². The van der Waals surface area contributed by atoms with Gasteiger partial charge in [-0.05, 0) is 56.6 Å². The molecule has 1 N–H and O–H groups in total. The molecule has 146 valence electrons. The zero-order valence-corrected chi connectivity index (χ0v) is 16.1. The molecule has 0 atom stereocenters. The first-order valence-corrected chi connectivity index (χ1v) is 10.5. The standard InChI is InChI=1S/C22H31N3O2/c26-21(15-23-14-17-6-7-17)24-12-10-19(11-13-24)22(27)25(20-8-9-20)16-18-4-2-1-3-5-18/h1-5,17,19-20,23H,6-16H2. The third-order valence-electron chi connectivity index (χ3n) is 6.07. The van der Waals surface area contributed by atoms with Crippen LogP contribution in [0.25, 0.3) is 0 Å². The van der Waals surface area contributed by atoms with Gasteiger partial charge in [0.1, 0.15) is 0 Å². The van der Waals surface area contributed by atoms with Gasteiger partial charge in [-0.3, -0.25) is 9.59 Å². The third-order valence-corrected chi connectivity index (χ3v) is 6.07. The van der Waals surface area contributed by atoms with Gasteiger partial charge in [-0.15, -0.1) is 0 Å². The van der Waals surface area contributed by atoms with E-state index in [0.29, 0.717) is 38.1 Å². The highest BCUT2D eigenvalue weighted by Crippen LogP contribution is 2.32. The van der Waals surface area contributed by atoms with Gasteiger partial charge in [-0.25, -0.2) is 0 Å². The molecule has 27 heavy (non-hydrogen) atoms. The summed E-state index contributed by atoms with van der Waals surface area (Å²) in [6, 6.07) is 10.7.